The second-order valence-electron chi connectivity index (χ2n) is 6.84. The van der Waals surface area contributed by atoms with Gasteiger partial charge in [-0.05, 0) is 39.8 Å². The summed E-state index contributed by atoms with van der Waals surface area (Å²) in [6.07, 6.45) is 8.96. The molecule has 116 valence electrons. The number of carbonyl (C=O) groups excluding carboxylic acids is 1. The fourth-order valence-electron chi connectivity index (χ4n) is 3.72. The Morgan fingerprint density at radius 3 is 2.30 bits per heavy atom. The van der Waals surface area contributed by atoms with Gasteiger partial charge in [0.05, 0.1) is 0 Å². The van der Waals surface area contributed by atoms with Crippen LogP contribution in [-0.4, -0.2) is 61.0 Å². The Labute approximate surface area is 123 Å². The summed E-state index contributed by atoms with van der Waals surface area (Å²) in [5.74, 6) is 0.223. The first-order valence-electron chi connectivity index (χ1n) is 8.20. The molecule has 0 aromatic rings. The molecule has 2 rings (SSSR count). The maximum absolute atomic E-state index is 11.3. The van der Waals surface area contributed by atoms with Crippen molar-refractivity contribution in [3.63, 3.8) is 0 Å². The van der Waals surface area contributed by atoms with Crippen molar-refractivity contribution in [3.05, 3.63) is 0 Å². The molecule has 1 aliphatic carbocycles. The second-order valence-corrected chi connectivity index (χ2v) is 6.84. The van der Waals surface area contributed by atoms with Crippen molar-refractivity contribution in [1.29, 1.82) is 0 Å². The van der Waals surface area contributed by atoms with Crippen LogP contribution in [0.15, 0.2) is 0 Å². The Hall–Kier alpha value is -0.610. The van der Waals surface area contributed by atoms with Gasteiger partial charge in [0.1, 0.15) is 0 Å². The standard InChI is InChI=1S/C16H31N3O/c1-14(20)19-11-7-15(8-12-19)17-13-16(18(2)3)9-5-4-6-10-16/h15,17H,4-13H2,1-3H3. The maximum atomic E-state index is 11.3. The van der Waals surface area contributed by atoms with Crippen LogP contribution in [0.4, 0.5) is 0 Å². The Morgan fingerprint density at radius 2 is 1.80 bits per heavy atom. The predicted molar refractivity (Wildman–Crippen MR) is 82.8 cm³/mol. The summed E-state index contributed by atoms with van der Waals surface area (Å²) in [5, 5.41) is 3.79. The van der Waals surface area contributed by atoms with Crippen LogP contribution < -0.4 is 5.32 Å². The molecule has 0 bridgehead atoms. The van der Waals surface area contributed by atoms with Crippen molar-refractivity contribution in [1.82, 2.24) is 15.1 Å². The zero-order chi connectivity index (χ0) is 14.6. The molecule has 0 radical (unpaired) electrons. The van der Waals surface area contributed by atoms with Gasteiger partial charge < -0.3 is 15.1 Å². The van der Waals surface area contributed by atoms with Crippen LogP contribution in [0.5, 0.6) is 0 Å². The molecule has 0 aromatic heterocycles. The van der Waals surface area contributed by atoms with E-state index in [0.29, 0.717) is 11.6 Å². The van der Waals surface area contributed by atoms with Crippen LogP contribution in [0.2, 0.25) is 0 Å². The van der Waals surface area contributed by atoms with E-state index in [9.17, 15) is 4.79 Å². The average Bonchev–Trinajstić information content (AvgIpc) is 2.46. The van der Waals surface area contributed by atoms with E-state index in [1.807, 2.05) is 4.90 Å². The smallest absolute Gasteiger partial charge is 0.219 e. The SMILES string of the molecule is CC(=O)N1CCC(NCC2(N(C)C)CCCCC2)CC1. The first kappa shape index (κ1) is 15.8. The van der Waals surface area contributed by atoms with Gasteiger partial charge in [-0.3, -0.25) is 4.79 Å². The van der Waals surface area contributed by atoms with E-state index in [2.05, 4.69) is 24.3 Å². The summed E-state index contributed by atoms with van der Waals surface area (Å²) in [7, 11) is 4.46. The van der Waals surface area contributed by atoms with Crippen molar-refractivity contribution in [3.8, 4) is 0 Å². The van der Waals surface area contributed by atoms with Crippen LogP contribution >= 0.6 is 0 Å². The Morgan fingerprint density at radius 1 is 1.20 bits per heavy atom. The highest BCUT2D eigenvalue weighted by molar-refractivity contribution is 5.73. The number of nitrogens with one attached hydrogen (secondary N) is 1. The van der Waals surface area contributed by atoms with E-state index < -0.39 is 0 Å². The molecule has 4 heteroatoms. The lowest BCUT2D eigenvalue weighted by atomic mass is 9.80. The molecule has 0 unspecified atom stereocenters. The minimum Gasteiger partial charge on any atom is -0.343 e. The number of carbonyl (C=O) groups is 1. The van der Waals surface area contributed by atoms with E-state index in [4.69, 9.17) is 0 Å². The molecule has 4 nitrogen and oxygen atoms in total. The van der Waals surface area contributed by atoms with E-state index in [1.165, 1.54) is 32.1 Å². The lowest BCUT2D eigenvalue weighted by molar-refractivity contribution is -0.129. The van der Waals surface area contributed by atoms with Gasteiger partial charge in [0, 0.05) is 38.1 Å². The number of likely N-dealkylation sites (N-methyl/N-ethyl adjacent to an activating group) is 1. The normalized spacial score (nSPS) is 24.1. The molecule has 1 saturated heterocycles. The lowest BCUT2D eigenvalue weighted by Crippen LogP contribution is -2.55. The van der Waals surface area contributed by atoms with E-state index >= 15 is 0 Å². The quantitative estimate of drug-likeness (QED) is 0.854. The molecule has 0 spiro atoms. The van der Waals surface area contributed by atoms with Gasteiger partial charge in [-0.15, -0.1) is 0 Å². The van der Waals surface area contributed by atoms with E-state index in [-0.39, 0.29) is 5.91 Å². The molecule has 1 saturated carbocycles. The summed E-state index contributed by atoms with van der Waals surface area (Å²) in [6.45, 7) is 4.62. The predicted octanol–water partition coefficient (Wildman–Crippen LogP) is 1.85. The van der Waals surface area contributed by atoms with Gasteiger partial charge in [-0.1, -0.05) is 19.3 Å². The van der Waals surface area contributed by atoms with Crippen LogP contribution in [0, 0.1) is 0 Å². The van der Waals surface area contributed by atoms with Crippen molar-refractivity contribution in [2.45, 2.75) is 63.5 Å². The molecular weight excluding hydrogens is 250 g/mol. The largest absolute Gasteiger partial charge is 0.343 e. The molecule has 2 aliphatic rings. The van der Waals surface area contributed by atoms with E-state index in [0.717, 1.165) is 32.5 Å². The van der Waals surface area contributed by atoms with E-state index in [1.54, 1.807) is 6.92 Å². The fourth-order valence-corrected chi connectivity index (χ4v) is 3.72. The van der Waals surface area contributed by atoms with Crippen LogP contribution in [0.25, 0.3) is 0 Å². The number of hydrogen-bond acceptors (Lipinski definition) is 3. The van der Waals surface area contributed by atoms with Gasteiger partial charge in [-0.2, -0.15) is 0 Å². The number of amides is 1. The van der Waals surface area contributed by atoms with Crippen molar-refractivity contribution >= 4 is 5.91 Å². The molecule has 2 fully saturated rings. The van der Waals surface area contributed by atoms with Crippen molar-refractivity contribution in [2.24, 2.45) is 0 Å². The number of nitrogens with zero attached hydrogens (tertiary/aromatic N) is 2. The third-order valence-electron chi connectivity index (χ3n) is 5.39. The molecule has 1 heterocycles. The lowest BCUT2D eigenvalue weighted by Gasteiger charge is -2.44. The Balaban J connectivity index is 1.80. The van der Waals surface area contributed by atoms with Gasteiger partial charge >= 0.3 is 0 Å². The third kappa shape index (κ3) is 3.73. The average molecular weight is 281 g/mol. The fraction of sp³-hybridized carbons (Fsp3) is 0.938. The highest BCUT2D eigenvalue weighted by Crippen LogP contribution is 2.31. The van der Waals surface area contributed by atoms with Gasteiger partial charge in [0.15, 0.2) is 0 Å². The number of hydrogen-bond donors (Lipinski definition) is 1. The highest BCUT2D eigenvalue weighted by Gasteiger charge is 2.34. The molecular formula is C16H31N3O. The topological polar surface area (TPSA) is 35.6 Å². The van der Waals surface area contributed by atoms with Gasteiger partial charge in [0.2, 0.25) is 5.91 Å². The van der Waals surface area contributed by atoms with Crippen molar-refractivity contribution < 1.29 is 4.79 Å². The zero-order valence-corrected chi connectivity index (χ0v) is 13.5. The minimum atomic E-state index is 0.223. The summed E-state index contributed by atoms with van der Waals surface area (Å²) in [5.41, 5.74) is 0.357. The number of piperidine rings is 1. The monoisotopic (exact) mass is 281 g/mol. The van der Waals surface area contributed by atoms with Crippen LogP contribution in [-0.2, 0) is 4.79 Å². The molecule has 1 N–H and O–H groups in total. The van der Waals surface area contributed by atoms with Crippen molar-refractivity contribution in [2.75, 3.05) is 33.7 Å². The van der Waals surface area contributed by atoms with Crippen LogP contribution in [0.1, 0.15) is 51.9 Å². The first-order valence-corrected chi connectivity index (χ1v) is 8.20. The Kier molecular flexibility index (Phi) is 5.44. The van der Waals surface area contributed by atoms with Gasteiger partial charge in [-0.25, -0.2) is 0 Å². The minimum absolute atomic E-state index is 0.223. The molecule has 0 atom stereocenters. The number of likely N-dealkylation sites (tertiary alicyclic amines) is 1. The highest BCUT2D eigenvalue weighted by atomic mass is 16.2. The molecule has 20 heavy (non-hydrogen) atoms. The first-order chi connectivity index (χ1) is 9.53. The molecule has 1 aliphatic heterocycles. The summed E-state index contributed by atoms with van der Waals surface area (Å²) < 4.78 is 0. The summed E-state index contributed by atoms with van der Waals surface area (Å²) in [4.78, 5) is 15.8. The third-order valence-corrected chi connectivity index (χ3v) is 5.39. The zero-order valence-electron chi connectivity index (χ0n) is 13.5. The molecule has 1 amide bonds. The number of rotatable bonds is 4. The summed E-state index contributed by atoms with van der Waals surface area (Å²) >= 11 is 0. The Bertz CT molecular complexity index is 316. The second kappa shape index (κ2) is 6.90. The van der Waals surface area contributed by atoms with Crippen LogP contribution in [0.3, 0.4) is 0 Å². The molecule has 0 aromatic carbocycles. The van der Waals surface area contributed by atoms with Gasteiger partial charge in [0.25, 0.3) is 0 Å². The maximum Gasteiger partial charge on any atom is 0.219 e. The summed E-state index contributed by atoms with van der Waals surface area (Å²) in [6, 6.07) is 0.587.